The molecular formula is C17H25N3O3. The van der Waals surface area contributed by atoms with Crippen LogP contribution in [0.15, 0.2) is 12.2 Å². The Labute approximate surface area is 136 Å². The fourth-order valence-electron chi connectivity index (χ4n) is 4.25. The Kier molecular flexibility index (Phi) is 4.41. The molecule has 1 saturated heterocycles. The molecule has 3 aliphatic carbocycles. The molecule has 4 rings (SSSR count). The van der Waals surface area contributed by atoms with Crippen molar-refractivity contribution in [3.63, 3.8) is 0 Å². The third-order valence-corrected chi connectivity index (χ3v) is 5.51. The molecule has 2 bridgehead atoms. The molecule has 4 aliphatic rings. The molecule has 0 aromatic carbocycles. The molecule has 1 heterocycles. The number of fused-ring (bicyclic) bond motifs is 1. The summed E-state index contributed by atoms with van der Waals surface area (Å²) in [7, 11) is 0. The van der Waals surface area contributed by atoms with Gasteiger partial charge in [-0.1, -0.05) is 12.2 Å². The minimum Gasteiger partial charge on any atom is -0.336 e. The summed E-state index contributed by atoms with van der Waals surface area (Å²) in [5, 5.41) is 2.80. The lowest BCUT2D eigenvalue weighted by Gasteiger charge is -2.38. The number of allylic oxidation sites excluding steroid dienone is 2. The van der Waals surface area contributed by atoms with Crippen LogP contribution >= 0.6 is 0 Å². The maximum Gasteiger partial charge on any atom is 0.317 e. The average molecular weight is 319 g/mol. The van der Waals surface area contributed by atoms with E-state index in [1.165, 1.54) is 4.90 Å². The lowest BCUT2D eigenvalue weighted by Crippen LogP contribution is -2.44. The molecule has 6 nitrogen and oxygen atoms in total. The summed E-state index contributed by atoms with van der Waals surface area (Å²) in [4.78, 5) is 40.2. The number of nitrogens with one attached hydrogen (secondary N) is 1. The highest BCUT2D eigenvalue weighted by Crippen LogP contribution is 2.49. The van der Waals surface area contributed by atoms with Crippen LogP contribution in [0.3, 0.4) is 0 Å². The lowest BCUT2D eigenvalue weighted by molar-refractivity contribution is -0.140. The minimum absolute atomic E-state index is 0.0452. The van der Waals surface area contributed by atoms with E-state index < -0.39 is 0 Å². The van der Waals surface area contributed by atoms with Crippen molar-refractivity contribution in [2.45, 2.75) is 26.7 Å². The second-order valence-corrected chi connectivity index (χ2v) is 6.57. The molecule has 4 amide bonds. The summed E-state index contributed by atoms with van der Waals surface area (Å²) < 4.78 is 0. The maximum atomic E-state index is 12.6. The average Bonchev–Trinajstić information content (AvgIpc) is 2.84. The van der Waals surface area contributed by atoms with Crippen molar-refractivity contribution >= 4 is 17.8 Å². The number of nitrogens with zero attached hydrogens (tertiary/aromatic N) is 2. The molecule has 4 unspecified atom stereocenters. The highest BCUT2D eigenvalue weighted by atomic mass is 16.2. The molecule has 6 heteroatoms. The van der Waals surface area contributed by atoms with Crippen LogP contribution in [0.5, 0.6) is 0 Å². The Morgan fingerprint density at radius 3 is 2.09 bits per heavy atom. The van der Waals surface area contributed by atoms with Gasteiger partial charge in [0.25, 0.3) is 0 Å². The highest BCUT2D eigenvalue weighted by molar-refractivity contribution is 6.06. The normalized spacial score (nSPS) is 31.5. The van der Waals surface area contributed by atoms with E-state index in [0.29, 0.717) is 19.6 Å². The smallest absolute Gasteiger partial charge is 0.317 e. The van der Waals surface area contributed by atoms with E-state index in [1.54, 1.807) is 4.90 Å². The molecule has 0 radical (unpaired) electrons. The Morgan fingerprint density at radius 2 is 1.65 bits per heavy atom. The van der Waals surface area contributed by atoms with E-state index >= 15 is 0 Å². The quantitative estimate of drug-likeness (QED) is 0.612. The molecule has 1 N–H and O–H groups in total. The Bertz CT molecular complexity index is 509. The number of carbonyl (C=O) groups is 3. The van der Waals surface area contributed by atoms with E-state index in [2.05, 4.69) is 17.5 Å². The van der Waals surface area contributed by atoms with Gasteiger partial charge in [0.1, 0.15) is 0 Å². The molecule has 23 heavy (non-hydrogen) atoms. The number of likely N-dealkylation sites (tertiary alicyclic amines) is 1. The number of imide groups is 1. The monoisotopic (exact) mass is 319 g/mol. The van der Waals surface area contributed by atoms with Crippen molar-refractivity contribution < 1.29 is 14.4 Å². The van der Waals surface area contributed by atoms with Gasteiger partial charge in [0.2, 0.25) is 11.8 Å². The zero-order valence-corrected chi connectivity index (χ0v) is 13.8. The van der Waals surface area contributed by atoms with Crippen LogP contribution in [0.2, 0.25) is 0 Å². The van der Waals surface area contributed by atoms with Crippen LogP contribution in [0.4, 0.5) is 4.79 Å². The van der Waals surface area contributed by atoms with Crippen molar-refractivity contribution in [2.75, 3.05) is 26.2 Å². The SMILES string of the molecule is CCN(CC)C(=O)NCCN1C(=O)C2C3C=CC(CC3)C2C1=O. The predicted octanol–water partition coefficient (Wildman–Crippen LogP) is 1.23. The first-order chi connectivity index (χ1) is 11.1. The number of urea groups is 1. The number of hydrogen-bond acceptors (Lipinski definition) is 3. The summed E-state index contributed by atoms with van der Waals surface area (Å²) in [6, 6.07) is -0.145. The highest BCUT2D eigenvalue weighted by Gasteiger charge is 2.56. The Balaban J connectivity index is 1.59. The third-order valence-electron chi connectivity index (χ3n) is 5.51. The zero-order chi connectivity index (χ0) is 16.6. The Hall–Kier alpha value is -1.85. The second-order valence-electron chi connectivity index (χ2n) is 6.57. The van der Waals surface area contributed by atoms with Crippen LogP contribution in [-0.4, -0.2) is 53.8 Å². The zero-order valence-electron chi connectivity index (χ0n) is 13.8. The van der Waals surface area contributed by atoms with Gasteiger partial charge in [-0.25, -0.2) is 4.79 Å². The van der Waals surface area contributed by atoms with Crippen molar-refractivity contribution in [3.8, 4) is 0 Å². The second kappa shape index (κ2) is 6.34. The summed E-state index contributed by atoms with van der Waals surface area (Å²) in [5.74, 6) is 0.0233. The maximum absolute atomic E-state index is 12.6. The lowest BCUT2D eigenvalue weighted by atomic mass is 9.63. The van der Waals surface area contributed by atoms with Crippen LogP contribution in [0.25, 0.3) is 0 Å². The van der Waals surface area contributed by atoms with Gasteiger partial charge in [-0.05, 0) is 38.5 Å². The number of amides is 4. The predicted molar refractivity (Wildman–Crippen MR) is 85.4 cm³/mol. The molecular weight excluding hydrogens is 294 g/mol. The van der Waals surface area contributed by atoms with E-state index in [4.69, 9.17) is 0 Å². The minimum atomic E-state index is -0.162. The summed E-state index contributed by atoms with van der Waals surface area (Å²) >= 11 is 0. The van der Waals surface area contributed by atoms with Gasteiger partial charge < -0.3 is 10.2 Å². The van der Waals surface area contributed by atoms with Crippen molar-refractivity contribution in [1.29, 1.82) is 0 Å². The van der Waals surface area contributed by atoms with Gasteiger partial charge in [-0.3, -0.25) is 14.5 Å². The van der Waals surface area contributed by atoms with Crippen LogP contribution in [0.1, 0.15) is 26.7 Å². The van der Waals surface area contributed by atoms with Crippen LogP contribution in [-0.2, 0) is 9.59 Å². The van der Waals surface area contributed by atoms with E-state index in [9.17, 15) is 14.4 Å². The number of carbonyl (C=O) groups excluding carboxylic acids is 3. The largest absolute Gasteiger partial charge is 0.336 e. The van der Waals surface area contributed by atoms with E-state index in [0.717, 1.165) is 12.8 Å². The topological polar surface area (TPSA) is 69.7 Å². The molecule has 0 aromatic heterocycles. The fraction of sp³-hybridized carbons (Fsp3) is 0.706. The summed E-state index contributed by atoms with van der Waals surface area (Å²) in [5.41, 5.74) is 0. The first kappa shape index (κ1) is 16.0. The molecule has 1 saturated carbocycles. The van der Waals surface area contributed by atoms with Gasteiger partial charge in [0, 0.05) is 26.2 Å². The van der Waals surface area contributed by atoms with Crippen LogP contribution < -0.4 is 5.32 Å². The summed E-state index contributed by atoms with van der Waals surface area (Å²) in [6.45, 7) is 5.71. The number of hydrogen-bond donors (Lipinski definition) is 1. The van der Waals surface area contributed by atoms with Gasteiger partial charge in [-0.2, -0.15) is 0 Å². The fourth-order valence-corrected chi connectivity index (χ4v) is 4.25. The van der Waals surface area contributed by atoms with Crippen LogP contribution in [0, 0.1) is 23.7 Å². The van der Waals surface area contributed by atoms with Crippen molar-refractivity contribution in [3.05, 3.63) is 12.2 Å². The van der Waals surface area contributed by atoms with Gasteiger partial charge in [-0.15, -0.1) is 0 Å². The molecule has 4 atom stereocenters. The standard InChI is InChI=1S/C17H25N3O3/c1-3-19(4-2)17(23)18-9-10-20-15(21)13-11-5-6-12(8-7-11)14(13)16(20)22/h5-6,11-14H,3-4,7-10H2,1-2H3,(H,18,23). The van der Waals surface area contributed by atoms with Crippen molar-refractivity contribution in [1.82, 2.24) is 15.1 Å². The third kappa shape index (κ3) is 2.64. The molecule has 126 valence electrons. The molecule has 1 aliphatic heterocycles. The van der Waals surface area contributed by atoms with Gasteiger partial charge in [0.15, 0.2) is 0 Å². The van der Waals surface area contributed by atoms with Gasteiger partial charge >= 0.3 is 6.03 Å². The van der Waals surface area contributed by atoms with E-state index in [1.807, 2.05) is 13.8 Å². The summed E-state index contributed by atoms with van der Waals surface area (Å²) in [6.07, 6.45) is 6.25. The Morgan fingerprint density at radius 1 is 1.13 bits per heavy atom. The molecule has 2 fully saturated rings. The van der Waals surface area contributed by atoms with Gasteiger partial charge in [0.05, 0.1) is 11.8 Å². The van der Waals surface area contributed by atoms with Crippen molar-refractivity contribution in [2.24, 2.45) is 23.7 Å². The molecule has 0 aromatic rings. The van der Waals surface area contributed by atoms with E-state index in [-0.39, 0.29) is 48.1 Å². The first-order valence-corrected chi connectivity index (χ1v) is 8.64. The molecule has 0 spiro atoms. The first-order valence-electron chi connectivity index (χ1n) is 8.64. The number of rotatable bonds is 5.